The van der Waals surface area contributed by atoms with E-state index in [-0.39, 0.29) is 11.7 Å². The van der Waals surface area contributed by atoms with Gasteiger partial charge in [-0.1, -0.05) is 44.2 Å². The molecule has 2 rings (SSSR count). The minimum atomic E-state index is -0.426. The number of nitrogens with zero attached hydrogens (tertiary/aromatic N) is 2. The number of hydrogen-bond donors (Lipinski definition) is 2. The first kappa shape index (κ1) is 19.4. The summed E-state index contributed by atoms with van der Waals surface area (Å²) in [4.78, 5) is 12.5. The van der Waals surface area contributed by atoms with Crippen molar-refractivity contribution >= 4 is 17.1 Å². The third kappa shape index (κ3) is 5.55. The van der Waals surface area contributed by atoms with Gasteiger partial charge in [0, 0.05) is 31.4 Å². The number of nitro benzene ring substituents is 1. The van der Waals surface area contributed by atoms with Gasteiger partial charge in [-0.15, -0.1) is 0 Å². The van der Waals surface area contributed by atoms with Crippen LogP contribution in [0, 0.1) is 10.1 Å². The van der Waals surface area contributed by atoms with E-state index in [1.54, 1.807) is 24.1 Å². The van der Waals surface area contributed by atoms with Gasteiger partial charge in [-0.3, -0.25) is 10.1 Å². The molecule has 0 fully saturated rings. The molecule has 0 aliphatic carbocycles. The van der Waals surface area contributed by atoms with Crippen LogP contribution in [0.2, 0.25) is 0 Å². The van der Waals surface area contributed by atoms with E-state index >= 15 is 0 Å². The van der Waals surface area contributed by atoms with Crippen LogP contribution < -0.4 is 16.4 Å². The van der Waals surface area contributed by atoms with Gasteiger partial charge in [-0.05, 0) is 24.1 Å². The quantitative estimate of drug-likeness (QED) is 0.481. The summed E-state index contributed by atoms with van der Waals surface area (Å²) < 4.78 is 0. The van der Waals surface area contributed by atoms with E-state index in [0.717, 1.165) is 5.56 Å². The summed E-state index contributed by atoms with van der Waals surface area (Å²) in [5.74, 6) is 0. The van der Waals surface area contributed by atoms with Crippen molar-refractivity contribution in [3.63, 3.8) is 0 Å². The van der Waals surface area contributed by atoms with Crippen LogP contribution in [0.25, 0.3) is 0 Å². The Bertz CT molecular complexity index is 647. The number of nitrogen functional groups attached to an aromatic ring is 1. The van der Waals surface area contributed by atoms with Gasteiger partial charge in [-0.2, -0.15) is 0 Å². The van der Waals surface area contributed by atoms with Crippen molar-refractivity contribution in [3.8, 4) is 0 Å². The molecule has 4 N–H and O–H groups in total. The topological polar surface area (TPSA) is 98.4 Å². The number of likely N-dealkylation sites (N-methyl/N-ethyl adjacent to an activating group) is 1. The van der Waals surface area contributed by atoms with Crippen molar-refractivity contribution in [1.29, 1.82) is 0 Å². The van der Waals surface area contributed by atoms with Gasteiger partial charge in [0.05, 0.1) is 4.92 Å². The molecule has 2 aromatic rings. The zero-order valence-corrected chi connectivity index (χ0v) is 14.5. The molecular formula is C18H26N4O2. The Hall–Kier alpha value is -2.60. The molecule has 6 nitrogen and oxygen atoms in total. The molecule has 0 heterocycles. The van der Waals surface area contributed by atoms with Gasteiger partial charge in [0.1, 0.15) is 5.69 Å². The van der Waals surface area contributed by atoms with Crippen molar-refractivity contribution < 1.29 is 4.92 Å². The Labute approximate surface area is 143 Å². The highest BCUT2D eigenvalue weighted by Gasteiger charge is 2.19. The van der Waals surface area contributed by atoms with Crippen molar-refractivity contribution in [2.75, 3.05) is 24.2 Å². The number of rotatable bonds is 6. The van der Waals surface area contributed by atoms with Crippen molar-refractivity contribution in [1.82, 2.24) is 0 Å². The molecule has 0 aliphatic rings. The zero-order chi connectivity index (χ0) is 18.1. The molecular weight excluding hydrogens is 304 g/mol. The lowest BCUT2D eigenvalue weighted by atomic mass is 10.1. The summed E-state index contributed by atoms with van der Waals surface area (Å²) in [6.07, 6.45) is 0.716. The molecule has 0 amide bonds. The normalized spacial score (nSPS) is 11.2. The van der Waals surface area contributed by atoms with Crippen LogP contribution in [-0.2, 0) is 6.42 Å². The molecule has 0 bridgehead atoms. The van der Waals surface area contributed by atoms with E-state index in [1.165, 1.54) is 6.07 Å². The molecule has 0 saturated heterocycles. The lowest BCUT2D eigenvalue weighted by Crippen LogP contribution is -2.37. The van der Waals surface area contributed by atoms with Crippen LogP contribution in [0.4, 0.5) is 17.1 Å². The van der Waals surface area contributed by atoms with Gasteiger partial charge in [0.2, 0.25) is 0 Å². The van der Waals surface area contributed by atoms with E-state index in [1.807, 2.05) is 44.2 Å². The number of hydrogen-bond acceptors (Lipinski definition) is 5. The standard InChI is InChI=1S/C16H20N4O2.C2H6/c1-19(11-14(18)9-12-5-3-2-4-6-12)15-8-7-13(17)10-16(15)20(21)22;1-2/h2-8,10,14H,9,11,17-18H2,1H3;1-2H3. The molecule has 6 heteroatoms. The van der Waals surface area contributed by atoms with Crippen LogP contribution in [0.15, 0.2) is 48.5 Å². The van der Waals surface area contributed by atoms with Crippen LogP contribution >= 0.6 is 0 Å². The summed E-state index contributed by atoms with van der Waals surface area (Å²) in [7, 11) is 1.80. The second-order valence-electron chi connectivity index (χ2n) is 5.34. The molecule has 0 spiro atoms. The van der Waals surface area contributed by atoms with Crippen molar-refractivity contribution in [3.05, 3.63) is 64.2 Å². The smallest absolute Gasteiger partial charge is 0.294 e. The molecule has 1 unspecified atom stereocenters. The monoisotopic (exact) mass is 330 g/mol. The molecule has 0 aliphatic heterocycles. The van der Waals surface area contributed by atoms with Crippen LogP contribution in [-0.4, -0.2) is 24.6 Å². The maximum absolute atomic E-state index is 11.1. The van der Waals surface area contributed by atoms with E-state index < -0.39 is 4.92 Å². The molecule has 2 aromatic carbocycles. The maximum Gasteiger partial charge on any atom is 0.294 e. The SMILES string of the molecule is CC.CN(CC(N)Cc1ccccc1)c1ccc(N)cc1[N+](=O)[O-]. The van der Waals surface area contributed by atoms with Gasteiger partial charge >= 0.3 is 0 Å². The van der Waals surface area contributed by atoms with Crippen molar-refractivity contribution in [2.45, 2.75) is 26.3 Å². The Balaban J connectivity index is 0.00000139. The fourth-order valence-electron chi connectivity index (χ4n) is 2.44. The molecule has 24 heavy (non-hydrogen) atoms. The first-order chi connectivity index (χ1) is 11.5. The number of benzene rings is 2. The molecule has 1 atom stereocenters. The lowest BCUT2D eigenvalue weighted by Gasteiger charge is -2.23. The first-order valence-electron chi connectivity index (χ1n) is 8.02. The average Bonchev–Trinajstić information content (AvgIpc) is 2.57. The summed E-state index contributed by atoms with van der Waals surface area (Å²) in [5, 5.41) is 11.1. The number of nitro groups is 1. The van der Waals surface area contributed by atoms with Crippen LogP contribution in [0.1, 0.15) is 19.4 Å². The minimum absolute atomic E-state index is 0.00517. The van der Waals surface area contributed by atoms with E-state index in [0.29, 0.717) is 24.3 Å². The average molecular weight is 330 g/mol. The Morgan fingerprint density at radius 3 is 2.38 bits per heavy atom. The van der Waals surface area contributed by atoms with E-state index in [4.69, 9.17) is 11.5 Å². The van der Waals surface area contributed by atoms with E-state index in [2.05, 4.69) is 0 Å². The van der Waals surface area contributed by atoms with Crippen LogP contribution in [0.5, 0.6) is 0 Å². The van der Waals surface area contributed by atoms with E-state index in [9.17, 15) is 10.1 Å². The first-order valence-corrected chi connectivity index (χ1v) is 8.02. The highest BCUT2D eigenvalue weighted by atomic mass is 16.6. The molecule has 130 valence electrons. The predicted molar refractivity (Wildman–Crippen MR) is 100 cm³/mol. The third-order valence-corrected chi connectivity index (χ3v) is 3.46. The summed E-state index contributed by atoms with van der Waals surface area (Å²) in [6.45, 7) is 4.51. The summed E-state index contributed by atoms with van der Waals surface area (Å²) in [6, 6.07) is 14.5. The van der Waals surface area contributed by atoms with Gasteiger partial charge in [-0.25, -0.2) is 0 Å². The summed E-state index contributed by atoms with van der Waals surface area (Å²) >= 11 is 0. The Morgan fingerprint density at radius 2 is 1.79 bits per heavy atom. The maximum atomic E-state index is 11.1. The summed E-state index contributed by atoms with van der Waals surface area (Å²) in [5.41, 5.74) is 13.8. The second-order valence-corrected chi connectivity index (χ2v) is 5.34. The Kier molecular flexibility index (Phi) is 7.71. The highest BCUT2D eigenvalue weighted by Crippen LogP contribution is 2.29. The van der Waals surface area contributed by atoms with Gasteiger partial charge in [0.25, 0.3) is 5.69 Å². The molecule has 0 saturated carbocycles. The largest absolute Gasteiger partial charge is 0.399 e. The van der Waals surface area contributed by atoms with Gasteiger partial charge in [0.15, 0.2) is 0 Å². The van der Waals surface area contributed by atoms with Crippen molar-refractivity contribution in [2.24, 2.45) is 5.73 Å². The Morgan fingerprint density at radius 1 is 1.17 bits per heavy atom. The van der Waals surface area contributed by atoms with Crippen LogP contribution in [0.3, 0.4) is 0 Å². The highest BCUT2D eigenvalue weighted by molar-refractivity contribution is 5.67. The fourth-order valence-corrected chi connectivity index (χ4v) is 2.44. The van der Waals surface area contributed by atoms with Gasteiger partial charge < -0.3 is 16.4 Å². The minimum Gasteiger partial charge on any atom is -0.399 e. The number of nitrogens with two attached hydrogens (primary N) is 2. The molecule has 0 radical (unpaired) electrons. The predicted octanol–water partition coefficient (Wildman–Crippen LogP) is 3.21. The second kappa shape index (κ2) is 9.52. The third-order valence-electron chi connectivity index (χ3n) is 3.46. The zero-order valence-electron chi connectivity index (χ0n) is 14.5. The number of anilines is 2. The molecule has 0 aromatic heterocycles. The lowest BCUT2D eigenvalue weighted by molar-refractivity contribution is -0.384. The fraction of sp³-hybridized carbons (Fsp3) is 0.333.